The fraction of sp³-hybridized carbons (Fsp3) is 0. The van der Waals surface area contributed by atoms with Crippen molar-refractivity contribution in [1.29, 1.82) is 0 Å². The normalized spacial score (nSPS) is 11.2. The Morgan fingerprint density at radius 2 is 0.611 bits per heavy atom. The molecule has 0 radical (unpaired) electrons. The molecule has 72 heavy (non-hydrogen) atoms. The molecule has 0 N–H and O–H groups in total. The van der Waals surface area contributed by atoms with Crippen LogP contribution in [-0.2, 0) is 0 Å². The SMILES string of the molecule is Fc1nn(-c2ccccc2)cc1-c1ccccc1-c1cc(-c2ccccc2-c2ccc(-c3cccc(-c4ccc(-c5ccccc5)cc4)c3)nc2)cc(-c2ccccc2-c2cn(-c3ccccc3)nc2F)c1. The van der Waals surface area contributed by atoms with Gasteiger partial charge >= 0.3 is 0 Å². The van der Waals surface area contributed by atoms with E-state index >= 15 is 8.78 Å². The summed E-state index contributed by atoms with van der Waals surface area (Å²) in [7, 11) is 0. The first-order chi connectivity index (χ1) is 35.5. The summed E-state index contributed by atoms with van der Waals surface area (Å²) in [4.78, 5) is 5.05. The van der Waals surface area contributed by atoms with Crippen LogP contribution in [0.15, 0.2) is 261 Å². The molecule has 0 saturated heterocycles. The molecule has 12 aromatic rings. The predicted octanol–water partition coefficient (Wildman–Crippen LogP) is 16.7. The minimum Gasteiger partial charge on any atom is -0.256 e. The van der Waals surface area contributed by atoms with E-state index in [0.717, 1.165) is 78.3 Å². The highest BCUT2D eigenvalue weighted by molar-refractivity contribution is 5.94. The highest BCUT2D eigenvalue weighted by Gasteiger charge is 2.21. The number of halogens is 2. The summed E-state index contributed by atoms with van der Waals surface area (Å²) in [5, 5.41) is 8.60. The summed E-state index contributed by atoms with van der Waals surface area (Å²) >= 11 is 0. The molecule has 0 amide bonds. The Bertz CT molecular complexity index is 3720. The van der Waals surface area contributed by atoms with Crippen molar-refractivity contribution in [3.05, 3.63) is 273 Å². The van der Waals surface area contributed by atoms with Crippen molar-refractivity contribution < 1.29 is 8.78 Å². The Balaban J connectivity index is 0.956. The van der Waals surface area contributed by atoms with Crippen molar-refractivity contribution in [3.63, 3.8) is 0 Å². The van der Waals surface area contributed by atoms with Crippen molar-refractivity contribution in [2.45, 2.75) is 0 Å². The number of hydrogen-bond acceptors (Lipinski definition) is 3. The summed E-state index contributed by atoms with van der Waals surface area (Å²) in [6, 6.07) is 81.1. The van der Waals surface area contributed by atoms with Crippen LogP contribution in [0.25, 0.3) is 112 Å². The van der Waals surface area contributed by atoms with Gasteiger partial charge in [0, 0.05) is 29.7 Å². The maximum absolute atomic E-state index is 16.1. The van der Waals surface area contributed by atoms with E-state index in [9.17, 15) is 0 Å². The maximum atomic E-state index is 16.1. The van der Waals surface area contributed by atoms with E-state index in [4.69, 9.17) is 4.98 Å². The zero-order chi connectivity index (χ0) is 48.4. The van der Waals surface area contributed by atoms with Crippen LogP contribution in [-0.4, -0.2) is 24.5 Å². The quantitative estimate of drug-likeness (QED) is 0.130. The minimum absolute atomic E-state index is 0.371. The van der Waals surface area contributed by atoms with Gasteiger partial charge in [0.1, 0.15) is 0 Å². The monoisotopic (exact) mass is 931 g/mol. The van der Waals surface area contributed by atoms with Gasteiger partial charge in [-0.15, -0.1) is 10.2 Å². The second-order valence-electron chi connectivity index (χ2n) is 17.6. The van der Waals surface area contributed by atoms with Gasteiger partial charge < -0.3 is 0 Å². The summed E-state index contributed by atoms with van der Waals surface area (Å²) in [6.07, 6.45) is 5.41. The fourth-order valence-electron chi connectivity index (χ4n) is 9.58. The molecule has 0 spiro atoms. The molecule has 9 aromatic carbocycles. The average Bonchev–Trinajstić information content (AvgIpc) is 4.05. The van der Waals surface area contributed by atoms with Crippen LogP contribution in [0.2, 0.25) is 0 Å². The highest BCUT2D eigenvalue weighted by atomic mass is 19.1. The zero-order valence-corrected chi connectivity index (χ0v) is 38.8. The Labute approximate surface area is 416 Å². The zero-order valence-electron chi connectivity index (χ0n) is 38.8. The molecule has 0 aliphatic heterocycles. The number of nitrogens with zero attached hydrogens (tertiary/aromatic N) is 5. The molecular formula is C65H43F2N5. The van der Waals surface area contributed by atoms with Crippen molar-refractivity contribution in [2.75, 3.05) is 0 Å². The van der Waals surface area contributed by atoms with Crippen molar-refractivity contribution in [3.8, 4) is 112 Å². The molecule has 0 aliphatic carbocycles. The van der Waals surface area contributed by atoms with Crippen LogP contribution in [0.4, 0.5) is 8.78 Å². The number of hydrogen-bond donors (Lipinski definition) is 0. The fourth-order valence-corrected chi connectivity index (χ4v) is 9.58. The molecule has 7 heteroatoms. The Hall–Kier alpha value is -9.59. The summed E-state index contributed by atoms with van der Waals surface area (Å²) in [5.74, 6) is -1.16. The van der Waals surface area contributed by atoms with Crippen molar-refractivity contribution in [1.82, 2.24) is 24.5 Å². The lowest BCUT2D eigenvalue weighted by molar-refractivity contribution is 0.568. The van der Waals surface area contributed by atoms with Gasteiger partial charge in [0.2, 0.25) is 11.9 Å². The molecule has 342 valence electrons. The van der Waals surface area contributed by atoms with E-state index in [1.54, 1.807) is 21.8 Å². The third-order valence-electron chi connectivity index (χ3n) is 13.2. The van der Waals surface area contributed by atoms with Gasteiger partial charge in [-0.2, -0.15) is 8.78 Å². The van der Waals surface area contributed by atoms with Gasteiger partial charge in [0.05, 0.1) is 28.2 Å². The standard InChI is InChI=1S/C65H43F2N5/c66-64-61(42-71(69-64)53-21-6-2-7-22-53)59-29-14-12-27-57(59)51-38-50(39-52(40-51)58-28-13-15-30-60(58)62-43-72(70-65(62)67)54-23-8-3-9-24-54)56-26-11-10-25-55(56)49-35-36-63(68-41-49)48-20-16-19-47(37-48)46-33-31-45(32-34-46)44-17-4-1-5-18-44/h1-43H. The van der Waals surface area contributed by atoms with E-state index in [-0.39, 0.29) is 0 Å². The van der Waals surface area contributed by atoms with Gasteiger partial charge in [0.15, 0.2) is 0 Å². The van der Waals surface area contributed by atoms with Crippen LogP contribution in [0, 0.1) is 11.9 Å². The van der Waals surface area contributed by atoms with E-state index in [1.807, 2.05) is 134 Å². The van der Waals surface area contributed by atoms with E-state index in [0.29, 0.717) is 22.3 Å². The molecule has 0 unspecified atom stereocenters. The number of rotatable bonds is 11. The van der Waals surface area contributed by atoms with Crippen LogP contribution >= 0.6 is 0 Å². The van der Waals surface area contributed by atoms with Crippen LogP contribution in [0.3, 0.4) is 0 Å². The predicted molar refractivity (Wildman–Crippen MR) is 287 cm³/mol. The summed E-state index contributed by atoms with van der Waals surface area (Å²) in [5.41, 5.74) is 17.2. The first-order valence-corrected chi connectivity index (χ1v) is 23.8. The molecule has 5 nitrogen and oxygen atoms in total. The van der Waals surface area contributed by atoms with E-state index < -0.39 is 11.9 Å². The number of aromatic nitrogens is 5. The maximum Gasteiger partial charge on any atom is 0.240 e. The van der Waals surface area contributed by atoms with Gasteiger partial charge in [-0.25, -0.2) is 9.36 Å². The molecule has 0 atom stereocenters. The summed E-state index contributed by atoms with van der Waals surface area (Å²) in [6.45, 7) is 0. The molecule has 0 aliphatic rings. The van der Waals surface area contributed by atoms with Gasteiger partial charge in [-0.3, -0.25) is 4.98 Å². The largest absolute Gasteiger partial charge is 0.256 e. The number of pyridine rings is 1. The van der Waals surface area contributed by atoms with Crippen LogP contribution in [0.1, 0.15) is 0 Å². The van der Waals surface area contributed by atoms with Gasteiger partial charge in [0.25, 0.3) is 0 Å². The first kappa shape index (κ1) is 43.7. The lowest BCUT2D eigenvalue weighted by atomic mass is 9.87. The van der Waals surface area contributed by atoms with Crippen LogP contribution in [0.5, 0.6) is 0 Å². The molecule has 3 aromatic heterocycles. The third-order valence-corrected chi connectivity index (χ3v) is 13.2. The number of benzene rings is 9. The molecule has 0 fully saturated rings. The molecule has 0 bridgehead atoms. The third kappa shape index (κ3) is 8.61. The van der Waals surface area contributed by atoms with Gasteiger partial charge in [-0.1, -0.05) is 188 Å². The number of para-hydroxylation sites is 2. The van der Waals surface area contributed by atoms with E-state index in [2.05, 4.69) is 125 Å². The average molecular weight is 932 g/mol. The van der Waals surface area contributed by atoms with Crippen molar-refractivity contribution in [2.24, 2.45) is 0 Å². The van der Waals surface area contributed by atoms with Gasteiger partial charge in [-0.05, 0) is 127 Å². The minimum atomic E-state index is -0.579. The van der Waals surface area contributed by atoms with Crippen LogP contribution < -0.4 is 0 Å². The molecule has 0 saturated carbocycles. The Morgan fingerprint density at radius 3 is 1.08 bits per heavy atom. The highest BCUT2D eigenvalue weighted by Crippen LogP contribution is 2.43. The molecule has 3 heterocycles. The Kier molecular flexibility index (Phi) is 11.6. The lowest BCUT2D eigenvalue weighted by Gasteiger charge is -2.17. The lowest BCUT2D eigenvalue weighted by Crippen LogP contribution is -1.93. The topological polar surface area (TPSA) is 48.5 Å². The smallest absolute Gasteiger partial charge is 0.240 e. The second kappa shape index (κ2) is 19.1. The second-order valence-corrected chi connectivity index (χ2v) is 17.6. The van der Waals surface area contributed by atoms with Crippen molar-refractivity contribution >= 4 is 0 Å². The van der Waals surface area contributed by atoms with E-state index in [1.165, 1.54) is 11.1 Å². The molecular weight excluding hydrogens is 889 g/mol. The molecule has 12 rings (SSSR count). The summed E-state index contributed by atoms with van der Waals surface area (Å²) < 4.78 is 35.4. The Morgan fingerprint density at radius 1 is 0.264 bits per heavy atom. The first-order valence-electron chi connectivity index (χ1n) is 23.8.